The van der Waals surface area contributed by atoms with Gasteiger partial charge in [0, 0.05) is 13.6 Å². The van der Waals surface area contributed by atoms with Gasteiger partial charge < -0.3 is 15.7 Å². The summed E-state index contributed by atoms with van der Waals surface area (Å²) in [6.07, 6.45) is 0.535. The fourth-order valence-corrected chi connectivity index (χ4v) is 1.17. The molecule has 16 heavy (non-hydrogen) atoms. The van der Waals surface area contributed by atoms with Crippen molar-refractivity contribution in [2.24, 2.45) is 11.1 Å². The van der Waals surface area contributed by atoms with Gasteiger partial charge in [-0.25, -0.2) is 0 Å². The first-order chi connectivity index (χ1) is 7.13. The molecule has 0 rings (SSSR count). The highest BCUT2D eigenvalue weighted by Gasteiger charge is 2.21. The molecule has 3 N–H and O–H groups in total. The molecule has 0 heterocycles. The minimum absolute atomic E-state index is 0.144. The Hall–Kier alpha value is -1.10. The van der Waals surface area contributed by atoms with E-state index in [2.05, 4.69) is 20.8 Å². The Labute approximate surface area is 96.6 Å². The van der Waals surface area contributed by atoms with Crippen LogP contribution in [-0.4, -0.2) is 41.5 Å². The van der Waals surface area contributed by atoms with Gasteiger partial charge in [-0.15, -0.1) is 0 Å². The number of nitrogens with zero attached hydrogens (tertiary/aromatic N) is 1. The van der Waals surface area contributed by atoms with E-state index in [1.807, 2.05) is 0 Å². The summed E-state index contributed by atoms with van der Waals surface area (Å²) in [5.41, 5.74) is 5.63. The van der Waals surface area contributed by atoms with Crippen molar-refractivity contribution in [1.29, 1.82) is 0 Å². The summed E-state index contributed by atoms with van der Waals surface area (Å²) >= 11 is 0. The van der Waals surface area contributed by atoms with Crippen LogP contribution in [0.4, 0.5) is 0 Å². The number of hydrogen-bond acceptors (Lipinski definition) is 3. The Balaban J connectivity index is 4.13. The zero-order valence-electron chi connectivity index (χ0n) is 10.5. The van der Waals surface area contributed by atoms with Gasteiger partial charge in [0.25, 0.3) is 0 Å². The zero-order valence-corrected chi connectivity index (χ0v) is 10.5. The Bertz CT molecular complexity index is 258. The number of hydrogen-bond donors (Lipinski definition) is 2. The standard InChI is InChI=1S/C11H22N2O3/c1-11(2,3)5-6-13(4)10(16)8(12)7-9(14)15/h8H,5-7,12H2,1-4H3,(H,14,15). The predicted octanol–water partition coefficient (Wildman–Crippen LogP) is 0.683. The molecule has 0 radical (unpaired) electrons. The molecule has 0 aromatic carbocycles. The second-order valence-electron chi connectivity index (χ2n) is 5.27. The van der Waals surface area contributed by atoms with Crippen molar-refractivity contribution in [3.63, 3.8) is 0 Å². The van der Waals surface area contributed by atoms with Gasteiger partial charge in [-0.05, 0) is 11.8 Å². The summed E-state index contributed by atoms with van der Waals surface area (Å²) < 4.78 is 0. The normalized spacial score (nSPS) is 13.3. The molecule has 1 unspecified atom stereocenters. The molecule has 1 atom stereocenters. The van der Waals surface area contributed by atoms with Crippen LogP contribution >= 0.6 is 0 Å². The first kappa shape index (κ1) is 14.9. The van der Waals surface area contributed by atoms with Gasteiger partial charge in [0.05, 0.1) is 12.5 Å². The number of carboxylic acid groups (broad SMARTS) is 1. The van der Waals surface area contributed by atoms with Gasteiger partial charge in [-0.1, -0.05) is 20.8 Å². The molecule has 0 aromatic heterocycles. The van der Waals surface area contributed by atoms with Crippen LogP contribution in [0.5, 0.6) is 0 Å². The monoisotopic (exact) mass is 230 g/mol. The van der Waals surface area contributed by atoms with Crippen LogP contribution in [0, 0.1) is 5.41 Å². The molecule has 0 saturated carbocycles. The molecule has 0 bridgehead atoms. The molecule has 5 heteroatoms. The Morgan fingerprint density at radius 3 is 2.25 bits per heavy atom. The van der Waals surface area contributed by atoms with E-state index in [1.54, 1.807) is 7.05 Å². The number of aliphatic carboxylic acids is 1. The highest BCUT2D eigenvalue weighted by atomic mass is 16.4. The smallest absolute Gasteiger partial charge is 0.305 e. The Kier molecular flexibility index (Phi) is 5.44. The van der Waals surface area contributed by atoms with Crippen molar-refractivity contribution < 1.29 is 14.7 Å². The van der Waals surface area contributed by atoms with Crippen molar-refractivity contribution in [3.8, 4) is 0 Å². The van der Waals surface area contributed by atoms with E-state index < -0.39 is 12.0 Å². The number of carbonyl (C=O) groups excluding carboxylic acids is 1. The largest absolute Gasteiger partial charge is 0.481 e. The average molecular weight is 230 g/mol. The van der Waals surface area contributed by atoms with Crippen LogP contribution in [-0.2, 0) is 9.59 Å². The molecule has 1 amide bonds. The van der Waals surface area contributed by atoms with Crippen molar-refractivity contribution >= 4 is 11.9 Å². The third-order valence-electron chi connectivity index (χ3n) is 2.29. The fraction of sp³-hybridized carbons (Fsp3) is 0.818. The molecule has 94 valence electrons. The third kappa shape index (κ3) is 6.40. The van der Waals surface area contributed by atoms with Crippen LogP contribution < -0.4 is 5.73 Å². The lowest BCUT2D eigenvalue weighted by atomic mass is 9.92. The van der Waals surface area contributed by atoms with Crippen molar-refractivity contribution in [2.75, 3.05) is 13.6 Å². The quantitative estimate of drug-likeness (QED) is 0.727. The molecule has 0 aromatic rings. The first-order valence-electron chi connectivity index (χ1n) is 5.36. The summed E-state index contributed by atoms with van der Waals surface area (Å²) in [5.74, 6) is -1.36. The number of carboxylic acids is 1. The highest BCUT2D eigenvalue weighted by Crippen LogP contribution is 2.18. The van der Waals surface area contributed by atoms with Crippen LogP contribution in [0.25, 0.3) is 0 Å². The SMILES string of the molecule is CN(CCC(C)(C)C)C(=O)C(N)CC(=O)O. The molecule has 5 nitrogen and oxygen atoms in total. The minimum atomic E-state index is -1.05. The maximum absolute atomic E-state index is 11.6. The van der Waals surface area contributed by atoms with E-state index in [0.29, 0.717) is 6.54 Å². The molecule has 0 aliphatic rings. The molecular formula is C11H22N2O3. The number of nitrogens with two attached hydrogens (primary N) is 1. The Morgan fingerprint density at radius 2 is 1.88 bits per heavy atom. The summed E-state index contributed by atoms with van der Waals surface area (Å²) in [4.78, 5) is 23.5. The van der Waals surface area contributed by atoms with Crippen LogP contribution in [0.1, 0.15) is 33.6 Å². The van der Waals surface area contributed by atoms with E-state index in [-0.39, 0.29) is 17.7 Å². The number of likely N-dealkylation sites (N-methyl/N-ethyl adjacent to an activating group) is 1. The van der Waals surface area contributed by atoms with Gasteiger partial charge in [0.1, 0.15) is 0 Å². The van der Waals surface area contributed by atoms with Gasteiger partial charge in [-0.2, -0.15) is 0 Å². The topological polar surface area (TPSA) is 83.6 Å². The molecule has 0 aliphatic heterocycles. The van der Waals surface area contributed by atoms with E-state index in [4.69, 9.17) is 10.8 Å². The number of rotatable bonds is 5. The maximum atomic E-state index is 11.6. The predicted molar refractivity (Wildman–Crippen MR) is 61.9 cm³/mol. The number of amides is 1. The van der Waals surface area contributed by atoms with Gasteiger partial charge >= 0.3 is 5.97 Å². The van der Waals surface area contributed by atoms with E-state index in [1.165, 1.54) is 4.90 Å². The number of carbonyl (C=O) groups is 2. The molecule has 0 saturated heterocycles. The summed E-state index contributed by atoms with van der Waals surface area (Å²) in [7, 11) is 1.65. The fourth-order valence-electron chi connectivity index (χ4n) is 1.17. The average Bonchev–Trinajstić information content (AvgIpc) is 2.10. The van der Waals surface area contributed by atoms with Crippen molar-refractivity contribution in [1.82, 2.24) is 4.90 Å². The van der Waals surface area contributed by atoms with Crippen molar-refractivity contribution in [2.45, 2.75) is 39.7 Å². The second-order valence-corrected chi connectivity index (χ2v) is 5.27. The molecular weight excluding hydrogens is 208 g/mol. The first-order valence-corrected chi connectivity index (χ1v) is 5.36. The van der Waals surface area contributed by atoms with Gasteiger partial charge in [-0.3, -0.25) is 9.59 Å². The molecule has 0 aliphatic carbocycles. The van der Waals surface area contributed by atoms with Crippen LogP contribution in [0.15, 0.2) is 0 Å². The molecule has 0 spiro atoms. The maximum Gasteiger partial charge on any atom is 0.305 e. The third-order valence-corrected chi connectivity index (χ3v) is 2.29. The van der Waals surface area contributed by atoms with Crippen LogP contribution in [0.3, 0.4) is 0 Å². The highest BCUT2D eigenvalue weighted by molar-refractivity contribution is 5.85. The summed E-state index contributed by atoms with van der Waals surface area (Å²) in [5, 5.41) is 8.52. The van der Waals surface area contributed by atoms with Gasteiger partial charge in [0.2, 0.25) is 5.91 Å². The van der Waals surface area contributed by atoms with E-state index in [9.17, 15) is 9.59 Å². The summed E-state index contributed by atoms with van der Waals surface area (Å²) in [6.45, 7) is 6.85. The lowest BCUT2D eigenvalue weighted by Crippen LogP contribution is -2.43. The van der Waals surface area contributed by atoms with Crippen LogP contribution in [0.2, 0.25) is 0 Å². The summed E-state index contributed by atoms with van der Waals surface area (Å²) in [6, 6.07) is -0.942. The zero-order chi connectivity index (χ0) is 12.9. The second kappa shape index (κ2) is 5.84. The van der Waals surface area contributed by atoms with Gasteiger partial charge in [0.15, 0.2) is 0 Å². The lowest BCUT2D eigenvalue weighted by molar-refractivity contribution is -0.141. The van der Waals surface area contributed by atoms with E-state index in [0.717, 1.165) is 6.42 Å². The Morgan fingerprint density at radius 1 is 1.38 bits per heavy atom. The van der Waals surface area contributed by atoms with E-state index >= 15 is 0 Å². The van der Waals surface area contributed by atoms with Crippen molar-refractivity contribution in [3.05, 3.63) is 0 Å². The molecule has 0 fully saturated rings. The lowest BCUT2D eigenvalue weighted by Gasteiger charge is -2.25. The minimum Gasteiger partial charge on any atom is -0.481 e.